The van der Waals surface area contributed by atoms with Crippen LogP contribution in [0.2, 0.25) is 0 Å². The van der Waals surface area contributed by atoms with E-state index in [4.69, 9.17) is 0 Å². The minimum absolute atomic E-state index is 0.0822. The monoisotopic (exact) mass is 716 g/mol. The average Bonchev–Trinajstić information content (AvgIpc) is 3.60. The van der Waals surface area contributed by atoms with E-state index in [0.29, 0.717) is 38.8 Å². The quantitative estimate of drug-likeness (QED) is 0.120. The maximum absolute atomic E-state index is 14.6. The van der Waals surface area contributed by atoms with Crippen molar-refractivity contribution in [1.29, 1.82) is 0 Å². The second-order valence-electron chi connectivity index (χ2n) is 15.0. The fraction of sp³-hybridized carbons (Fsp3) is 0.628. The Labute approximate surface area is 313 Å². The zero-order chi connectivity index (χ0) is 37.2. The van der Waals surface area contributed by atoms with Crippen LogP contribution < -0.4 is 16.0 Å². The van der Waals surface area contributed by atoms with Crippen molar-refractivity contribution < 1.29 is 19.2 Å². The molecule has 4 amide bonds. The molecule has 0 aromatic heterocycles. The molecular formula is C43H65N5O4. The van der Waals surface area contributed by atoms with Gasteiger partial charge in [-0.1, -0.05) is 145 Å². The zero-order valence-corrected chi connectivity index (χ0v) is 32.2. The first-order chi connectivity index (χ1) is 25.3. The molecule has 286 valence electrons. The SMILES string of the molecule is CCCCCCCCCCCCCCCC(=O)NC1CN(C(=O)C(C)NC)CCC2(C(=O)NC(c3ccccc3)c3ccccc3)CCCN2C1=O. The molecule has 0 bridgehead atoms. The Morgan fingerprint density at radius 1 is 0.769 bits per heavy atom. The number of carbonyl (C=O) groups is 4. The van der Waals surface area contributed by atoms with E-state index in [2.05, 4.69) is 22.9 Å². The highest BCUT2D eigenvalue weighted by molar-refractivity contribution is 5.96. The number of hydrogen-bond acceptors (Lipinski definition) is 5. The van der Waals surface area contributed by atoms with Crippen LogP contribution >= 0.6 is 0 Å². The Hall–Kier alpha value is -3.72. The summed E-state index contributed by atoms with van der Waals surface area (Å²) < 4.78 is 0. The highest BCUT2D eigenvalue weighted by atomic mass is 16.2. The summed E-state index contributed by atoms with van der Waals surface area (Å²) in [7, 11) is 1.73. The van der Waals surface area contributed by atoms with Crippen LogP contribution in [0, 0.1) is 0 Å². The third kappa shape index (κ3) is 11.6. The summed E-state index contributed by atoms with van der Waals surface area (Å²) in [5.74, 6) is -0.862. The molecule has 0 radical (unpaired) electrons. The average molecular weight is 716 g/mol. The topological polar surface area (TPSA) is 111 Å². The number of rotatable bonds is 21. The van der Waals surface area contributed by atoms with Crippen LogP contribution in [0.3, 0.4) is 0 Å². The molecule has 52 heavy (non-hydrogen) atoms. The van der Waals surface area contributed by atoms with Crippen LogP contribution in [-0.2, 0) is 19.2 Å². The molecular weight excluding hydrogens is 651 g/mol. The summed E-state index contributed by atoms with van der Waals surface area (Å²) in [6.45, 7) is 4.86. The molecule has 3 unspecified atom stereocenters. The van der Waals surface area contributed by atoms with Crippen LogP contribution in [0.5, 0.6) is 0 Å². The van der Waals surface area contributed by atoms with Gasteiger partial charge in [0.15, 0.2) is 0 Å². The first-order valence-corrected chi connectivity index (χ1v) is 20.3. The molecule has 0 spiro atoms. The van der Waals surface area contributed by atoms with Gasteiger partial charge in [0.2, 0.25) is 23.6 Å². The fourth-order valence-electron chi connectivity index (χ4n) is 7.90. The second-order valence-corrected chi connectivity index (χ2v) is 15.0. The summed E-state index contributed by atoms with van der Waals surface area (Å²) in [6.07, 6.45) is 17.8. The summed E-state index contributed by atoms with van der Waals surface area (Å²) in [5.41, 5.74) is 0.745. The molecule has 0 saturated carbocycles. The smallest absolute Gasteiger partial charge is 0.247 e. The minimum Gasteiger partial charge on any atom is -0.343 e. The Balaban J connectivity index is 1.39. The van der Waals surface area contributed by atoms with Crippen LogP contribution in [0.15, 0.2) is 60.7 Å². The zero-order valence-electron chi connectivity index (χ0n) is 32.2. The molecule has 9 nitrogen and oxygen atoms in total. The van der Waals surface area contributed by atoms with E-state index in [0.717, 1.165) is 30.4 Å². The van der Waals surface area contributed by atoms with Crippen molar-refractivity contribution in [2.75, 3.05) is 26.7 Å². The number of amides is 4. The molecule has 0 aliphatic carbocycles. The second kappa shape index (κ2) is 21.7. The Morgan fingerprint density at radius 2 is 1.31 bits per heavy atom. The van der Waals surface area contributed by atoms with Crippen molar-refractivity contribution in [3.05, 3.63) is 71.8 Å². The van der Waals surface area contributed by atoms with Crippen LogP contribution in [0.4, 0.5) is 0 Å². The number of hydrogen-bond donors (Lipinski definition) is 3. The van der Waals surface area contributed by atoms with Gasteiger partial charge in [-0.15, -0.1) is 0 Å². The van der Waals surface area contributed by atoms with Crippen molar-refractivity contribution in [2.24, 2.45) is 0 Å². The normalized spacial score (nSPS) is 19.5. The van der Waals surface area contributed by atoms with E-state index in [1.807, 2.05) is 60.7 Å². The Morgan fingerprint density at radius 3 is 1.85 bits per heavy atom. The van der Waals surface area contributed by atoms with Gasteiger partial charge >= 0.3 is 0 Å². The van der Waals surface area contributed by atoms with Crippen molar-refractivity contribution in [3.8, 4) is 0 Å². The molecule has 2 heterocycles. The van der Waals surface area contributed by atoms with E-state index >= 15 is 0 Å². The highest BCUT2D eigenvalue weighted by Gasteiger charge is 2.53. The van der Waals surface area contributed by atoms with Crippen molar-refractivity contribution in [3.63, 3.8) is 0 Å². The van der Waals surface area contributed by atoms with E-state index < -0.39 is 23.7 Å². The van der Waals surface area contributed by atoms with Gasteiger partial charge in [0.1, 0.15) is 11.6 Å². The third-order valence-corrected chi connectivity index (χ3v) is 11.2. The number of unbranched alkanes of at least 4 members (excludes halogenated alkanes) is 12. The molecule has 2 saturated heterocycles. The maximum Gasteiger partial charge on any atom is 0.247 e. The lowest BCUT2D eigenvalue weighted by Crippen LogP contribution is -2.66. The molecule has 2 fully saturated rings. The van der Waals surface area contributed by atoms with Crippen LogP contribution in [0.1, 0.15) is 140 Å². The van der Waals surface area contributed by atoms with Gasteiger partial charge in [-0.25, -0.2) is 0 Å². The molecule has 9 heteroatoms. The first kappa shape index (κ1) is 41.0. The molecule has 2 aliphatic rings. The lowest BCUT2D eigenvalue weighted by Gasteiger charge is -2.44. The largest absolute Gasteiger partial charge is 0.343 e. The summed E-state index contributed by atoms with van der Waals surface area (Å²) in [4.78, 5) is 59.3. The number of nitrogens with zero attached hydrogens (tertiary/aromatic N) is 2. The summed E-state index contributed by atoms with van der Waals surface area (Å²) in [5, 5.41) is 9.34. The Kier molecular flexibility index (Phi) is 17.1. The number of nitrogens with one attached hydrogen (secondary N) is 3. The molecule has 3 N–H and O–H groups in total. The van der Waals surface area contributed by atoms with Crippen molar-refractivity contribution in [2.45, 2.75) is 147 Å². The number of carbonyl (C=O) groups excluding carboxylic acids is 4. The molecule has 3 atom stereocenters. The fourth-order valence-corrected chi connectivity index (χ4v) is 7.90. The Bertz CT molecular complexity index is 1350. The first-order valence-electron chi connectivity index (χ1n) is 20.3. The van der Waals surface area contributed by atoms with E-state index in [-0.39, 0.29) is 30.2 Å². The highest BCUT2D eigenvalue weighted by Crippen LogP contribution is 2.37. The van der Waals surface area contributed by atoms with Gasteiger partial charge in [0.05, 0.1) is 12.1 Å². The summed E-state index contributed by atoms with van der Waals surface area (Å²) in [6, 6.07) is 17.9. The third-order valence-electron chi connectivity index (χ3n) is 11.2. The van der Waals surface area contributed by atoms with Gasteiger partial charge in [0.25, 0.3) is 0 Å². The number of fused-ring (bicyclic) bond motifs is 1. The summed E-state index contributed by atoms with van der Waals surface area (Å²) >= 11 is 0. The van der Waals surface area contributed by atoms with Gasteiger partial charge in [-0.2, -0.15) is 0 Å². The van der Waals surface area contributed by atoms with Gasteiger partial charge < -0.3 is 25.8 Å². The van der Waals surface area contributed by atoms with E-state index in [9.17, 15) is 19.2 Å². The number of benzene rings is 2. The molecule has 2 aromatic carbocycles. The molecule has 2 aromatic rings. The van der Waals surface area contributed by atoms with Gasteiger partial charge in [0, 0.05) is 26.1 Å². The van der Waals surface area contributed by atoms with Crippen molar-refractivity contribution in [1.82, 2.24) is 25.8 Å². The van der Waals surface area contributed by atoms with Gasteiger partial charge in [-0.05, 0) is 50.8 Å². The maximum atomic E-state index is 14.6. The van der Waals surface area contributed by atoms with Gasteiger partial charge in [-0.3, -0.25) is 19.2 Å². The lowest BCUT2D eigenvalue weighted by molar-refractivity contribution is -0.152. The van der Waals surface area contributed by atoms with E-state index in [1.165, 1.54) is 64.2 Å². The molecule has 4 rings (SSSR count). The van der Waals surface area contributed by atoms with Crippen LogP contribution in [-0.4, -0.2) is 77.7 Å². The van der Waals surface area contributed by atoms with E-state index in [1.54, 1.807) is 23.8 Å². The van der Waals surface area contributed by atoms with Crippen molar-refractivity contribution >= 4 is 23.6 Å². The standard InChI is InChI=1S/C43H65N5O4/c1-4-5-6-7-8-9-10-11-12-13-14-15-22-28-38(49)45-37-33-47(40(50)34(2)44-3)32-30-43(29-23-31-48(43)41(37)51)42(52)46-39(35-24-18-16-19-25-35)36-26-20-17-21-27-36/h16-21,24-27,34,37,39,44H,4-15,22-23,28-33H2,1-3H3,(H,45,49)(H,46,52). The predicted octanol–water partition coefficient (Wildman–Crippen LogP) is 7.06. The minimum atomic E-state index is -1.14. The lowest BCUT2D eigenvalue weighted by atomic mass is 9.87. The number of likely N-dealkylation sites (N-methyl/N-ethyl adjacent to an activating group) is 1. The molecule has 2 aliphatic heterocycles. The predicted molar refractivity (Wildman–Crippen MR) is 209 cm³/mol. The van der Waals surface area contributed by atoms with Crippen LogP contribution in [0.25, 0.3) is 0 Å².